The molecule has 0 aromatic carbocycles. The number of rotatable bonds is 4. The van der Waals surface area contributed by atoms with Crippen molar-refractivity contribution in [1.29, 1.82) is 0 Å². The molecule has 1 N–H and O–H groups in total. The Bertz CT molecular complexity index is 250. The number of aliphatic hydroxyl groups is 1. The molecule has 0 amide bonds. The van der Waals surface area contributed by atoms with Gasteiger partial charge in [-0.3, -0.25) is 0 Å². The molecule has 0 radical (unpaired) electrons. The molecule has 0 atom stereocenters. The maximum absolute atomic E-state index is 8.88. The minimum Gasteiger partial charge on any atom is -1.00 e. The predicted octanol–water partition coefficient (Wildman–Crippen LogP) is -3.00. The molecule has 1 aromatic rings. The average molecular weight is 297 g/mol. The lowest BCUT2D eigenvalue weighted by Crippen LogP contribution is -3.00. The third-order valence-electron chi connectivity index (χ3n) is 1.87. The number of aryl methyl sites for hydroxylation is 2. The monoisotopic (exact) mass is 297 g/mol. The molecule has 0 bridgehead atoms. The fraction of sp³-hybridized carbons (Fsp3) is 0.750. The summed E-state index contributed by atoms with van der Waals surface area (Å²) in [6.45, 7) is 3.14. The second-order valence-corrected chi connectivity index (χ2v) is 2.91. The fourth-order valence-corrected chi connectivity index (χ4v) is 1.08. The summed E-state index contributed by atoms with van der Waals surface area (Å²) in [4.78, 5) is 0. The highest BCUT2D eigenvalue weighted by Crippen LogP contribution is 1.91. The van der Waals surface area contributed by atoms with Crippen molar-refractivity contribution in [2.45, 2.75) is 32.9 Å². The topological polar surface area (TPSA) is 41.9 Å². The molecule has 5 heteroatoms. The van der Waals surface area contributed by atoms with Gasteiger partial charge in [-0.1, -0.05) is 13.3 Å². The molecule has 0 aliphatic carbocycles. The fourth-order valence-electron chi connectivity index (χ4n) is 1.08. The second-order valence-electron chi connectivity index (χ2n) is 2.91. The Balaban J connectivity index is 0.00000144. The third-order valence-corrected chi connectivity index (χ3v) is 1.87. The van der Waals surface area contributed by atoms with Crippen LogP contribution in [0.1, 0.15) is 25.5 Å². The summed E-state index contributed by atoms with van der Waals surface area (Å²) in [6.07, 6.45) is 4.18. The van der Waals surface area contributed by atoms with Crippen LogP contribution in [-0.2, 0) is 20.2 Å². The standard InChI is InChI=1S/C8H16N3O.HI/c1-3-4-5-11-6-8(7-12)10(2)9-11;/h6,12H,3-5,7H2,1-2H3;1H/q+1;/p-1. The summed E-state index contributed by atoms with van der Waals surface area (Å²) in [7, 11) is 1.84. The Morgan fingerprint density at radius 1 is 1.62 bits per heavy atom. The van der Waals surface area contributed by atoms with Gasteiger partial charge < -0.3 is 29.1 Å². The van der Waals surface area contributed by atoms with Gasteiger partial charge in [0.15, 0.2) is 11.9 Å². The van der Waals surface area contributed by atoms with Crippen molar-refractivity contribution < 1.29 is 33.8 Å². The van der Waals surface area contributed by atoms with Gasteiger partial charge in [-0.15, -0.1) is 9.36 Å². The molecule has 1 aromatic heterocycles. The highest BCUT2D eigenvalue weighted by Gasteiger charge is 2.09. The van der Waals surface area contributed by atoms with Gasteiger partial charge in [0.05, 0.1) is 5.21 Å². The quantitative estimate of drug-likeness (QED) is 0.476. The van der Waals surface area contributed by atoms with Gasteiger partial charge in [0.1, 0.15) is 20.2 Å². The number of hydrogen-bond acceptors (Lipinski definition) is 2. The van der Waals surface area contributed by atoms with Crippen LogP contribution in [0.4, 0.5) is 0 Å². The van der Waals surface area contributed by atoms with Crippen molar-refractivity contribution in [3.05, 3.63) is 11.9 Å². The molecule has 0 unspecified atom stereocenters. The number of unbranched alkanes of at least 4 members (excludes halogenated alkanes) is 1. The van der Waals surface area contributed by atoms with Gasteiger partial charge in [0, 0.05) is 0 Å². The number of aromatic nitrogens is 3. The van der Waals surface area contributed by atoms with Gasteiger partial charge in [0.2, 0.25) is 0 Å². The van der Waals surface area contributed by atoms with E-state index in [1.54, 1.807) is 4.68 Å². The molecule has 4 nitrogen and oxygen atoms in total. The zero-order valence-electron chi connectivity index (χ0n) is 8.07. The molecular formula is C8H16IN3O. The van der Waals surface area contributed by atoms with Crippen LogP contribution >= 0.6 is 0 Å². The summed E-state index contributed by atoms with van der Waals surface area (Å²) in [5, 5.41) is 13.1. The van der Waals surface area contributed by atoms with E-state index in [0.29, 0.717) is 0 Å². The lowest BCUT2D eigenvalue weighted by molar-refractivity contribution is -0.755. The van der Waals surface area contributed by atoms with Gasteiger partial charge in [-0.05, 0) is 6.42 Å². The zero-order valence-corrected chi connectivity index (χ0v) is 10.2. The first-order chi connectivity index (χ1) is 5.77. The number of hydrogen-bond donors (Lipinski definition) is 1. The molecule has 0 saturated heterocycles. The Morgan fingerprint density at radius 3 is 2.77 bits per heavy atom. The Labute approximate surface area is 95.6 Å². The van der Waals surface area contributed by atoms with E-state index in [4.69, 9.17) is 5.11 Å². The molecule has 13 heavy (non-hydrogen) atoms. The minimum atomic E-state index is 0. The summed E-state index contributed by atoms with van der Waals surface area (Å²) < 4.78 is 3.57. The van der Waals surface area contributed by atoms with E-state index in [1.807, 2.05) is 17.9 Å². The van der Waals surface area contributed by atoms with Crippen LogP contribution in [0.2, 0.25) is 0 Å². The first-order valence-corrected chi connectivity index (χ1v) is 4.31. The van der Waals surface area contributed by atoms with Crippen LogP contribution in [0, 0.1) is 0 Å². The predicted molar refractivity (Wildman–Crippen MR) is 44.2 cm³/mol. The van der Waals surface area contributed by atoms with Gasteiger partial charge in [-0.2, -0.15) is 0 Å². The highest BCUT2D eigenvalue weighted by molar-refractivity contribution is 4.85. The lowest BCUT2D eigenvalue weighted by Gasteiger charge is -1.88. The van der Waals surface area contributed by atoms with E-state index in [0.717, 1.165) is 25.1 Å². The van der Waals surface area contributed by atoms with Crippen molar-refractivity contribution in [3.63, 3.8) is 0 Å². The third kappa shape index (κ3) is 3.60. The first kappa shape index (κ1) is 12.8. The maximum atomic E-state index is 8.88. The van der Waals surface area contributed by atoms with E-state index in [-0.39, 0.29) is 30.6 Å². The number of nitrogens with zero attached hydrogens (tertiary/aromatic N) is 3. The van der Waals surface area contributed by atoms with Crippen LogP contribution < -0.4 is 28.7 Å². The normalized spacial score (nSPS) is 9.77. The average Bonchev–Trinajstić information content (AvgIpc) is 2.43. The molecule has 0 aliphatic rings. The van der Waals surface area contributed by atoms with Crippen molar-refractivity contribution in [2.75, 3.05) is 0 Å². The second kappa shape index (κ2) is 6.31. The molecule has 1 heterocycles. The van der Waals surface area contributed by atoms with Crippen LogP contribution in [0.3, 0.4) is 0 Å². The van der Waals surface area contributed by atoms with Gasteiger partial charge in [0.25, 0.3) is 0 Å². The Kier molecular flexibility index (Phi) is 6.23. The van der Waals surface area contributed by atoms with E-state index in [2.05, 4.69) is 12.1 Å². The maximum Gasteiger partial charge on any atom is 0.192 e. The van der Waals surface area contributed by atoms with Crippen molar-refractivity contribution in [2.24, 2.45) is 7.05 Å². The van der Waals surface area contributed by atoms with E-state index >= 15 is 0 Å². The molecule has 1 rings (SSSR count). The molecule has 0 fully saturated rings. The summed E-state index contributed by atoms with van der Waals surface area (Å²) in [5.41, 5.74) is 0.853. The highest BCUT2D eigenvalue weighted by atomic mass is 127. The van der Waals surface area contributed by atoms with Crippen molar-refractivity contribution >= 4 is 0 Å². The summed E-state index contributed by atoms with van der Waals surface area (Å²) in [5.74, 6) is 0. The van der Waals surface area contributed by atoms with Crippen LogP contribution in [0.15, 0.2) is 6.20 Å². The minimum absolute atomic E-state index is 0. The van der Waals surface area contributed by atoms with Crippen LogP contribution in [0.25, 0.3) is 0 Å². The molecule has 0 spiro atoms. The number of halogens is 1. The lowest BCUT2D eigenvalue weighted by atomic mass is 10.3. The van der Waals surface area contributed by atoms with E-state index in [1.165, 1.54) is 0 Å². The molecule has 0 saturated carbocycles. The molecular weight excluding hydrogens is 281 g/mol. The Hall–Kier alpha value is -0.170. The van der Waals surface area contributed by atoms with Crippen LogP contribution in [-0.4, -0.2) is 15.0 Å². The Morgan fingerprint density at radius 2 is 2.31 bits per heavy atom. The largest absolute Gasteiger partial charge is 1.00 e. The van der Waals surface area contributed by atoms with Gasteiger partial charge in [-0.25, -0.2) is 0 Å². The molecule has 0 aliphatic heterocycles. The van der Waals surface area contributed by atoms with E-state index in [9.17, 15) is 0 Å². The van der Waals surface area contributed by atoms with Crippen molar-refractivity contribution in [1.82, 2.24) is 9.90 Å². The summed E-state index contributed by atoms with van der Waals surface area (Å²) in [6, 6.07) is 0. The van der Waals surface area contributed by atoms with E-state index < -0.39 is 0 Å². The number of aliphatic hydroxyl groups excluding tert-OH is 1. The zero-order chi connectivity index (χ0) is 8.97. The summed E-state index contributed by atoms with van der Waals surface area (Å²) >= 11 is 0. The van der Waals surface area contributed by atoms with Crippen LogP contribution in [0.5, 0.6) is 0 Å². The van der Waals surface area contributed by atoms with Crippen molar-refractivity contribution in [3.8, 4) is 0 Å². The SMILES string of the molecule is CCCC[n+]1cc(CO)n(C)n1.[I-]. The smallest absolute Gasteiger partial charge is 0.192 e. The molecule has 76 valence electrons. The first-order valence-electron chi connectivity index (χ1n) is 4.31. The van der Waals surface area contributed by atoms with Gasteiger partial charge >= 0.3 is 0 Å².